The van der Waals surface area contributed by atoms with Gasteiger partial charge in [0, 0.05) is 82.8 Å². The number of pyridine rings is 1. The first-order valence-corrected chi connectivity index (χ1v) is 19.1. The zero-order valence-corrected chi connectivity index (χ0v) is 31.9. The van der Waals surface area contributed by atoms with Crippen LogP contribution >= 0.6 is 34.8 Å². The molecule has 1 saturated heterocycles. The van der Waals surface area contributed by atoms with E-state index in [1.165, 1.54) is 18.4 Å². The third-order valence-electron chi connectivity index (χ3n) is 9.45. The van der Waals surface area contributed by atoms with E-state index in [0.29, 0.717) is 27.3 Å². The average molecular weight is 790 g/mol. The Balaban J connectivity index is 1.24. The number of carbonyl (C=O) groups excluding carboxylic acids is 3. The molecule has 2 aromatic heterocycles. The molecule has 0 unspecified atom stereocenters. The van der Waals surface area contributed by atoms with Crippen molar-refractivity contribution in [3.8, 4) is 0 Å². The Labute approximate surface area is 329 Å². The number of nitrogens with zero attached hydrogens (tertiary/aromatic N) is 3. The molecule has 14 heteroatoms. The summed E-state index contributed by atoms with van der Waals surface area (Å²) in [7, 11) is 0. The molecule has 0 spiro atoms. The van der Waals surface area contributed by atoms with Gasteiger partial charge in [-0.2, -0.15) is 0 Å². The summed E-state index contributed by atoms with van der Waals surface area (Å²) in [6, 6.07) is 19.2. The minimum atomic E-state index is -1.05. The number of halogens is 3. The van der Waals surface area contributed by atoms with Gasteiger partial charge in [0.1, 0.15) is 12.1 Å². The van der Waals surface area contributed by atoms with Gasteiger partial charge in [-0.3, -0.25) is 19.5 Å². The summed E-state index contributed by atoms with van der Waals surface area (Å²) in [5.74, 6) is -0.923. The van der Waals surface area contributed by atoms with Gasteiger partial charge < -0.3 is 31.6 Å². The number of carbonyl (C=O) groups is 3. The number of benzene rings is 3. The van der Waals surface area contributed by atoms with Crippen LogP contribution in [0.2, 0.25) is 15.1 Å². The van der Waals surface area contributed by atoms with Crippen molar-refractivity contribution in [2.24, 2.45) is 5.73 Å². The van der Waals surface area contributed by atoms with Crippen molar-refractivity contribution in [2.45, 2.75) is 50.9 Å². The maximum absolute atomic E-state index is 13.9. The molecule has 2 atom stereocenters. The van der Waals surface area contributed by atoms with E-state index in [-0.39, 0.29) is 25.9 Å². The predicted molar refractivity (Wildman–Crippen MR) is 215 cm³/mol. The van der Waals surface area contributed by atoms with Crippen molar-refractivity contribution >= 4 is 69.2 Å². The minimum absolute atomic E-state index is 0.142. The molecule has 6 N–H and O–H groups in total. The van der Waals surface area contributed by atoms with Crippen LogP contribution in [-0.4, -0.2) is 70.6 Å². The minimum Gasteiger partial charge on any atom is -0.353 e. The summed E-state index contributed by atoms with van der Waals surface area (Å²) < 4.78 is 2.10. The zero-order chi connectivity index (χ0) is 38.0. The summed E-state index contributed by atoms with van der Waals surface area (Å²) in [6.45, 7) is 3.84. The molecular weight excluding hydrogens is 747 g/mol. The highest BCUT2D eigenvalue weighted by Crippen LogP contribution is 2.31. The van der Waals surface area contributed by atoms with Crippen molar-refractivity contribution < 1.29 is 14.4 Å². The van der Waals surface area contributed by atoms with Crippen molar-refractivity contribution in [1.82, 2.24) is 30.4 Å². The lowest BCUT2D eigenvalue weighted by Crippen LogP contribution is -2.55. The second-order valence-corrected chi connectivity index (χ2v) is 14.6. The van der Waals surface area contributed by atoms with Crippen LogP contribution in [0.15, 0.2) is 91.4 Å². The monoisotopic (exact) mass is 788 g/mol. The molecule has 11 nitrogen and oxygen atoms in total. The first-order valence-electron chi connectivity index (χ1n) is 17.9. The SMILES string of the molecule is NCCNC(=O)[C@H](Cc1ccncc1)NC(=O)[C@H](Cc1ccc(Cl)cc1)NC(=O)Nc1ccc2c(CN3CCCC3)cn(Cc3c(Cl)cccc3Cl)c2c1. The fraction of sp³-hybridized carbons (Fsp3) is 0.300. The molecule has 4 amide bonds. The van der Waals surface area contributed by atoms with Gasteiger partial charge in [-0.05, 0) is 91.2 Å². The molecular formula is C40H43Cl3N8O3. The predicted octanol–water partition coefficient (Wildman–Crippen LogP) is 6.18. The number of nitrogens with one attached hydrogen (secondary N) is 4. The number of anilines is 1. The van der Waals surface area contributed by atoms with Gasteiger partial charge in [0.15, 0.2) is 0 Å². The third kappa shape index (κ3) is 10.3. The van der Waals surface area contributed by atoms with E-state index in [0.717, 1.165) is 47.2 Å². The molecule has 1 aliphatic rings. The van der Waals surface area contributed by atoms with E-state index in [2.05, 4.69) is 41.9 Å². The van der Waals surface area contributed by atoms with Crippen LogP contribution in [-0.2, 0) is 35.5 Å². The molecule has 54 heavy (non-hydrogen) atoms. The van der Waals surface area contributed by atoms with Crippen LogP contribution in [0.1, 0.15) is 35.1 Å². The van der Waals surface area contributed by atoms with E-state index in [4.69, 9.17) is 40.5 Å². The number of nitrogens with two attached hydrogens (primary N) is 1. The lowest BCUT2D eigenvalue weighted by Gasteiger charge is -2.23. The Morgan fingerprint density at radius 3 is 2.15 bits per heavy atom. The van der Waals surface area contributed by atoms with Crippen LogP contribution in [0.5, 0.6) is 0 Å². The van der Waals surface area contributed by atoms with Crippen molar-refractivity contribution in [2.75, 3.05) is 31.5 Å². The van der Waals surface area contributed by atoms with E-state index in [1.807, 2.05) is 36.4 Å². The van der Waals surface area contributed by atoms with Gasteiger partial charge in [-0.1, -0.05) is 59.1 Å². The van der Waals surface area contributed by atoms with Crippen LogP contribution in [0.25, 0.3) is 10.9 Å². The summed E-state index contributed by atoms with van der Waals surface area (Å²) >= 11 is 19.3. The lowest BCUT2D eigenvalue weighted by molar-refractivity contribution is -0.129. The second kappa shape index (κ2) is 18.6. The highest BCUT2D eigenvalue weighted by molar-refractivity contribution is 6.36. The van der Waals surface area contributed by atoms with Gasteiger partial charge in [0.05, 0.1) is 12.1 Å². The Bertz CT molecular complexity index is 2050. The quantitative estimate of drug-likeness (QED) is 0.0858. The number of rotatable bonds is 15. The summed E-state index contributed by atoms with van der Waals surface area (Å²) in [5, 5.41) is 14.1. The summed E-state index contributed by atoms with van der Waals surface area (Å²) in [4.78, 5) is 47.3. The van der Waals surface area contributed by atoms with Crippen molar-refractivity contribution in [3.05, 3.63) is 129 Å². The number of likely N-dealkylation sites (tertiary alicyclic amines) is 1. The number of fused-ring (bicyclic) bond motifs is 1. The first-order chi connectivity index (χ1) is 26.2. The molecule has 0 radical (unpaired) electrons. The Morgan fingerprint density at radius 1 is 0.796 bits per heavy atom. The van der Waals surface area contributed by atoms with Crippen LogP contribution in [0.3, 0.4) is 0 Å². The van der Waals surface area contributed by atoms with Crippen LogP contribution < -0.4 is 27.0 Å². The van der Waals surface area contributed by atoms with E-state index in [9.17, 15) is 14.4 Å². The molecule has 3 heterocycles. The van der Waals surface area contributed by atoms with E-state index < -0.39 is 29.9 Å². The summed E-state index contributed by atoms with van der Waals surface area (Å²) in [6.07, 6.45) is 8.09. The van der Waals surface area contributed by atoms with Crippen molar-refractivity contribution in [1.29, 1.82) is 0 Å². The van der Waals surface area contributed by atoms with Crippen LogP contribution in [0.4, 0.5) is 10.5 Å². The van der Waals surface area contributed by atoms with Gasteiger partial charge >= 0.3 is 6.03 Å². The number of amides is 4. The molecule has 1 fully saturated rings. The molecule has 3 aromatic carbocycles. The number of hydrogen-bond acceptors (Lipinski definition) is 6. The lowest BCUT2D eigenvalue weighted by atomic mass is 10.0. The highest BCUT2D eigenvalue weighted by atomic mass is 35.5. The fourth-order valence-electron chi connectivity index (χ4n) is 6.68. The van der Waals surface area contributed by atoms with Crippen LogP contribution in [0, 0.1) is 0 Å². The van der Waals surface area contributed by atoms with Crippen molar-refractivity contribution in [3.63, 3.8) is 0 Å². The number of hydrogen-bond donors (Lipinski definition) is 5. The standard InChI is InChI=1S/C40H43Cl3N8O3/c41-29-8-6-26(7-9-29)20-36(39(53)48-35(38(52)46-17-14-44)21-27-12-15-45-16-13-27)49-40(54)47-30-10-11-31-28(23-50-18-1-2-19-50)24-51(37(31)22-30)25-32-33(42)4-3-5-34(32)43/h3-13,15-16,22,24,35-36H,1-2,14,17-21,23,25,44H2,(H,46,52)(H,48,53)(H2,47,49,54)/t35-,36-/m0/s1. The molecule has 6 rings (SSSR count). The Morgan fingerprint density at radius 2 is 1.46 bits per heavy atom. The first kappa shape index (κ1) is 39.1. The normalized spacial score (nSPS) is 14.1. The molecule has 282 valence electrons. The largest absolute Gasteiger partial charge is 0.353 e. The zero-order valence-electron chi connectivity index (χ0n) is 29.7. The van der Waals surface area contributed by atoms with E-state index in [1.54, 1.807) is 48.8 Å². The van der Waals surface area contributed by atoms with Gasteiger partial charge in [-0.15, -0.1) is 0 Å². The maximum Gasteiger partial charge on any atom is 0.319 e. The maximum atomic E-state index is 13.9. The highest BCUT2D eigenvalue weighted by Gasteiger charge is 2.28. The van der Waals surface area contributed by atoms with E-state index >= 15 is 0 Å². The Kier molecular flexibility index (Phi) is 13.4. The second-order valence-electron chi connectivity index (χ2n) is 13.4. The molecule has 5 aromatic rings. The smallest absolute Gasteiger partial charge is 0.319 e. The summed E-state index contributed by atoms with van der Waals surface area (Å²) in [5.41, 5.74) is 10.6. The molecule has 0 aliphatic carbocycles. The molecule has 0 bridgehead atoms. The Hall–Kier alpha value is -4.65. The van der Waals surface area contributed by atoms with Gasteiger partial charge in [0.25, 0.3) is 0 Å². The topological polar surface area (TPSA) is 146 Å². The third-order valence-corrected chi connectivity index (χ3v) is 10.4. The number of aromatic nitrogens is 2. The molecule has 1 aliphatic heterocycles. The fourth-order valence-corrected chi connectivity index (χ4v) is 7.33. The molecule has 0 saturated carbocycles. The van der Waals surface area contributed by atoms with Gasteiger partial charge in [0.2, 0.25) is 11.8 Å². The average Bonchev–Trinajstić information content (AvgIpc) is 3.80. The van der Waals surface area contributed by atoms with Gasteiger partial charge in [-0.25, -0.2) is 4.79 Å². The number of urea groups is 1.